The van der Waals surface area contributed by atoms with E-state index in [1.54, 1.807) is 6.20 Å². The summed E-state index contributed by atoms with van der Waals surface area (Å²) in [5.74, 6) is 0.385. The molecule has 0 saturated carbocycles. The van der Waals surface area contributed by atoms with Crippen molar-refractivity contribution in [2.24, 2.45) is 0 Å². The van der Waals surface area contributed by atoms with Gasteiger partial charge in [-0.1, -0.05) is 32.6 Å². The van der Waals surface area contributed by atoms with Crippen molar-refractivity contribution in [2.45, 2.75) is 45.4 Å². The molecule has 0 atom stereocenters. The molecule has 0 spiro atoms. The van der Waals surface area contributed by atoms with Gasteiger partial charge >= 0.3 is 0 Å². The average molecular weight is 193 g/mol. The number of aromatic nitrogens is 2. The van der Waals surface area contributed by atoms with Crippen molar-refractivity contribution in [1.29, 1.82) is 0 Å². The molecule has 0 bridgehead atoms. The minimum absolute atomic E-state index is 0.385. The number of nitrogens with two attached hydrogens (primary N) is 1. The van der Waals surface area contributed by atoms with E-state index in [2.05, 4.69) is 16.9 Å². The molecule has 2 N–H and O–H groups in total. The smallest absolute Gasteiger partial charge is 0.220 e. The van der Waals surface area contributed by atoms with Gasteiger partial charge in [0.1, 0.15) is 0 Å². The molecule has 1 aromatic rings. The maximum Gasteiger partial charge on any atom is 0.220 e. The summed E-state index contributed by atoms with van der Waals surface area (Å²) >= 11 is 0. The quantitative estimate of drug-likeness (QED) is 0.706. The lowest BCUT2D eigenvalue weighted by Gasteiger charge is -2.00. The van der Waals surface area contributed by atoms with E-state index in [0.717, 1.165) is 12.1 Å². The first-order valence-electron chi connectivity index (χ1n) is 5.40. The van der Waals surface area contributed by atoms with Crippen LogP contribution >= 0.6 is 0 Å². The monoisotopic (exact) mass is 193 g/mol. The highest BCUT2D eigenvalue weighted by Crippen LogP contribution is 2.07. The Labute approximate surface area is 85.8 Å². The van der Waals surface area contributed by atoms with Gasteiger partial charge in [-0.3, -0.25) is 0 Å². The Balaban J connectivity index is 2.18. The molecular formula is C11H19N3. The van der Waals surface area contributed by atoms with Crippen LogP contribution in [0, 0.1) is 0 Å². The SMILES string of the molecule is CCCCCCCc1ccnc(N)n1. The molecule has 78 valence electrons. The van der Waals surface area contributed by atoms with Gasteiger partial charge in [-0.15, -0.1) is 0 Å². The predicted molar refractivity (Wildman–Crippen MR) is 58.9 cm³/mol. The number of unbranched alkanes of at least 4 members (excludes halogenated alkanes) is 4. The summed E-state index contributed by atoms with van der Waals surface area (Å²) in [6, 6.07) is 1.94. The van der Waals surface area contributed by atoms with Gasteiger partial charge in [-0.2, -0.15) is 0 Å². The highest BCUT2D eigenvalue weighted by Gasteiger charge is 1.96. The number of hydrogen-bond donors (Lipinski definition) is 1. The Hall–Kier alpha value is -1.12. The summed E-state index contributed by atoms with van der Waals surface area (Å²) < 4.78 is 0. The minimum Gasteiger partial charge on any atom is -0.368 e. The molecule has 0 aliphatic heterocycles. The fourth-order valence-electron chi connectivity index (χ4n) is 1.46. The molecule has 0 aliphatic rings. The first kappa shape index (κ1) is 11.0. The summed E-state index contributed by atoms with van der Waals surface area (Å²) in [6.45, 7) is 2.23. The first-order valence-corrected chi connectivity index (χ1v) is 5.40. The summed E-state index contributed by atoms with van der Waals surface area (Å²) in [5, 5.41) is 0. The lowest BCUT2D eigenvalue weighted by atomic mass is 10.1. The van der Waals surface area contributed by atoms with Gasteiger partial charge in [-0.25, -0.2) is 9.97 Å². The zero-order valence-corrected chi connectivity index (χ0v) is 8.87. The van der Waals surface area contributed by atoms with E-state index in [1.165, 1.54) is 32.1 Å². The third kappa shape index (κ3) is 4.21. The molecule has 1 aromatic heterocycles. The molecular weight excluding hydrogens is 174 g/mol. The van der Waals surface area contributed by atoms with E-state index in [0.29, 0.717) is 5.95 Å². The third-order valence-corrected chi connectivity index (χ3v) is 2.27. The molecule has 0 amide bonds. The molecule has 0 unspecified atom stereocenters. The second-order valence-electron chi connectivity index (χ2n) is 3.57. The van der Waals surface area contributed by atoms with E-state index >= 15 is 0 Å². The molecule has 1 rings (SSSR count). The topological polar surface area (TPSA) is 51.8 Å². The zero-order valence-electron chi connectivity index (χ0n) is 8.87. The van der Waals surface area contributed by atoms with E-state index in [4.69, 9.17) is 5.73 Å². The van der Waals surface area contributed by atoms with Crippen LogP contribution in [0.15, 0.2) is 12.3 Å². The van der Waals surface area contributed by atoms with Crippen LogP contribution in [-0.2, 0) is 6.42 Å². The van der Waals surface area contributed by atoms with Crippen molar-refractivity contribution in [3.05, 3.63) is 18.0 Å². The lowest BCUT2D eigenvalue weighted by molar-refractivity contribution is 0.628. The summed E-state index contributed by atoms with van der Waals surface area (Å²) in [4.78, 5) is 8.02. The molecule has 1 heterocycles. The van der Waals surface area contributed by atoms with Crippen molar-refractivity contribution >= 4 is 5.95 Å². The van der Waals surface area contributed by atoms with Gasteiger partial charge in [-0.05, 0) is 18.9 Å². The second-order valence-corrected chi connectivity index (χ2v) is 3.57. The number of aryl methyl sites for hydroxylation is 1. The predicted octanol–water partition coefficient (Wildman–Crippen LogP) is 2.57. The Morgan fingerprint density at radius 2 is 2.00 bits per heavy atom. The van der Waals surface area contributed by atoms with Crippen molar-refractivity contribution in [1.82, 2.24) is 9.97 Å². The second kappa shape index (κ2) is 6.35. The molecule has 14 heavy (non-hydrogen) atoms. The molecule has 0 aromatic carbocycles. The number of nitrogens with zero attached hydrogens (tertiary/aromatic N) is 2. The van der Waals surface area contributed by atoms with Gasteiger partial charge in [0.05, 0.1) is 0 Å². The number of hydrogen-bond acceptors (Lipinski definition) is 3. The Bertz CT molecular complexity index is 260. The van der Waals surface area contributed by atoms with Crippen molar-refractivity contribution in [3.8, 4) is 0 Å². The van der Waals surface area contributed by atoms with Gasteiger partial charge in [0.25, 0.3) is 0 Å². The normalized spacial score (nSPS) is 10.4. The highest BCUT2D eigenvalue weighted by molar-refractivity contribution is 5.17. The van der Waals surface area contributed by atoms with Crippen LogP contribution in [0.3, 0.4) is 0 Å². The molecule has 3 nitrogen and oxygen atoms in total. The maximum atomic E-state index is 5.49. The van der Waals surface area contributed by atoms with Crippen LogP contribution in [-0.4, -0.2) is 9.97 Å². The maximum absolute atomic E-state index is 5.49. The zero-order chi connectivity index (χ0) is 10.2. The van der Waals surface area contributed by atoms with Crippen molar-refractivity contribution in [3.63, 3.8) is 0 Å². The van der Waals surface area contributed by atoms with Gasteiger partial charge in [0.2, 0.25) is 5.95 Å². The van der Waals surface area contributed by atoms with Crippen LogP contribution in [0.2, 0.25) is 0 Å². The largest absolute Gasteiger partial charge is 0.368 e. The fourth-order valence-corrected chi connectivity index (χ4v) is 1.46. The van der Waals surface area contributed by atoms with Crippen LogP contribution < -0.4 is 5.73 Å². The number of anilines is 1. The fraction of sp³-hybridized carbons (Fsp3) is 0.636. The molecule has 3 heteroatoms. The van der Waals surface area contributed by atoms with E-state index in [9.17, 15) is 0 Å². The van der Waals surface area contributed by atoms with Crippen LogP contribution in [0.5, 0.6) is 0 Å². The number of rotatable bonds is 6. The van der Waals surface area contributed by atoms with E-state index in [1.807, 2.05) is 6.07 Å². The van der Waals surface area contributed by atoms with Gasteiger partial charge < -0.3 is 5.73 Å². The average Bonchev–Trinajstić information content (AvgIpc) is 2.18. The van der Waals surface area contributed by atoms with Crippen LogP contribution in [0.1, 0.15) is 44.7 Å². The summed E-state index contributed by atoms with van der Waals surface area (Å²) in [6.07, 6.45) is 9.21. The van der Waals surface area contributed by atoms with E-state index < -0.39 is 0 Å². The standard InChI is InChI=1S/C11H19N3/c1-2-3-4-5-6-7-10-8-9-13-11(12)14-10/h8-9H,2-7H2,1H3,(H2,12,13,14). The Kier molecular flexibility index (Phi) is 4.97. The Morgan fingerprint density at radius 3 is 2.71 bits per heavy atom. The molecule has 0 aliphatic carbocycles. The van der Waals surface area contributed by atoms with Gasteiger partial charge in [0, 0.05) is 11.9 Å². The van der Waals surface area contributed by atoms with Crippen LogP contribution in [0.4, 0.5) is 5.95 Å². The molecule has 0 radical (unpaired) electrons. The third-order valence-electron chi connectivity index (χ3n) is 2.27. The van der Waals surface area contributed by atoms with Gasteiger partial charge in [0.15, 0.2) is 0 Å². The van der Waals surface area contributed by atoms with Crippen molar-refractivity contribution < 1.29 is 0 Å². The number of nitrogen functional groups attached to an aromatic ring is 1. The summed E-state index contributed by atoms with van der Waals surface area (Å²) in [7, 11) is 0. The van der Waals surface area contributed by atoms with E-state index in [-0.39, 0.29) is 0 Å². The summed E-state index contributed by atoms with van der Waals surface area (Å²) in [5.41, 5.74) is 6.55. The lowest BCUT2D eigenvalue weighted by Crippen LogP contribution is -1.98. The molecule has 0 fully saturated rings. The minimum atomic E-state index is 0.385. The van der Waals surface area contributed by atoms with Crippen molar-refractivity contribution in [2.75, 3.05) is 5.73 Å². The van der Waals surface area contributed by atoms with Crippen LogP contribution in [0.25, 0.3) is 0 Å². The molecule has 0 saturated heterocycles. The highest BCUT2D eigenvalue weighted by atomic mass is 15.0. The Morgan fingerprint density at radius 1 is 1.21 bits per heavy atom. The first-order chi connectivity index (χ1) is 6.83.